The number of hydrogen-bond donors (Lipinski definition) is 3. The molecule has 232 valence electrons. The van der Waals surface area contributed by atoms with Crippen LogP contribution in [-0.2, 0) is 16.4 Å². The fraction of sp³-hybridized carbons (Fsp3) is 0.469. The lowest BCUT2D eigenvalue weighted by atomic mass is 9.88. The average molecular weight is 610 g/mol. The highest BCUT2D eigenvalue weighted by molar-refractivity contribution is 7.92. The summed E-state index contributed by atoms with van der Waals surface area (Å²) in [6.45, 7) is 6.08. The number of aromatic nitrogens is 2. The standard InChI is InChI=1S/C32H43N5O5S/c1-31(2)21-32(3,39)17-8-6-7-9-18-42-28-23(20-37(4)5)11-10-12-25(28)36-30(38)27-29(33)34-19-26(35-27)22-13-15-24(16-14-22)43(31,40)41/h10-16,19,39H,6-9,17-18,20-21H2,1-5H3,(H2,33,34)(H,36,38). The van der Waals surface area contributed by atoms with Gasteiger partial charge in [0, 0.05) is 17.7 Å². The molecule has 1 unspecified atom stereocenters. The number of aliphatic hydroxyl groups is 1. The summed E-state index contributed by atoms with van der Waals surface area (Å²) in [5, 5.41) is 14.1. The minimum atomic E-state index is -3.78. The molecule has 4 N–H and O–H groups in total. The Bertz CT molecular complexity index is 1550. The summed E-state index contributed by atoms with van der Waals surface area (Å²) in [6.07, 6.45) is 5.32. The highest BCUT2D eigenvalue weighted by Gasteiger charge is 2.41. The zero-order chi connectivity index (χ0) is 31.4. The van der Waals surface area contributed by atoms with Crippen LogP contribution in [0.3, 0.4) is 0 Å². The Morgan fingerprint density at radius 3 is 2.44 bits per heavy atom. The Morgan fingerprint density at radius 1 is 1.05 bits per heavy atom. The maximum absolute atomic E-state index is 13.6. The minimum Gasteiger partial charge on any atom is -0.491 e. The van der Waals surface area contributed by atoms with E-state index in [1.807, 2.05) is 31.1 Å². The average Bonchev–Trinajstić information content (AvgIpc) is 2.92. The molecular weight excluding hydrogens is 566 g/mol. The number of sulfone groups is 1. The van der Waals surface area contributed by atoms with Crippen LogP contribution in [0, 0.1) is 0 Å². The number of nitrogens with zero attached hydrogens (tertiary/aromatic N) is 3. The summed E-state index contributed by atoms with van der Waals surface area (Å²) in [6, 6.07) is 11.9. The van der Waals surface area contributed by atoms with Gasteiger partial charge in [0.15, 0.2) is 21.3 Å². The molecule has 10 nitrogen and oxygen atoms in total. The van der Waals surface area contributed by atoms with Gasteiger partial charge in [-0.25, -0.2) is 18.4 Å². The third kappa shape index (κ3) is 7.70. The van der Waals surface area contributed by atoms with Crippen LogP contribution in [0.4, 0.5) is 11.5 Å². The topological polar surface area (TPSA) is 148 Å². The Kier molecular flexibility index (Phi) is 9.78. The number of carbonyl (C=O) groups is 1. The molecule has 0 saturated heterocycles. The van der Waals surface area contributed by atoms with E-state index in [0.717, 1.165) is 31.2 Å². The van der Waals surface area contributed by atoms with Crippen molar-refractivity contribution in [1.29, 1.82) is 0 Å². The van der Waals surface area contributed by atoms with Gasteiger partial charge in [0.05, 0.1) is 39.4 Å². The fourth-order valence-electron chi connectivity index (χ4n) is 5.57. The van der Waals surface area contributed by atoms with E-state index in [2.05, 4.69) is 15.3 Å². The molecule has 5 rings (SSSR count). The first-order valence-corrected chi connectivity index (χ1v) is 16.1. The monoisotopic (exact) mass is 609 g/mol. The van der Waals surface area contributed by atoms with Gasteiger partial charge in [-0.1, -0.05) is 43.5 Å². The first-order chi connectivity index (χ1) is 20.2. The van der Waals surface area contributed by atoms with Crippen molar-refractivity contribution in [3.8, 4) is 17.0 Å². The van der Waals surface area contributed by atoms with Crippen molar-refractivity contribution >= 4 is 27.2 Å². The zero-order valence-electron chi connectivity index (χ0n) is 25.7. The second kappa shape index (κ2) is 13.0. The molecule has 2 aliphatic rings. The summed E-state index contributed by atoms with van der Waals surface area (Å²) in [7, 11) is 0.155. The van der Waals surface area contributed by atoms with Crippen molar-refractivity contribution in [1.82, 2.24) is 14.9 Å². The molecule has 1 aromatic heterocycles. The van der Waals surface area contributed by atoms with Crippen LogP contribution >= 0.6 is 0 Å². The van der Waals surface area contributed by atoms with Crippen LogP contribution < -0.4 is 15.8 Å². The summed E-state index contributed by atoms with van der Waals surface area (Å²) >= 11 is 0. The van der Waals surface area contributed by atoms with Crippen LogP contribution in [0.1, 0.15) is 75.3 Å². The first-order valence-electron chi connectivity index (χ1n) is 14.6. The molecule has 1 atom stereocenters. The van der Waals surface area contributed by atoms with Crippen molar-refractivity contribution in [2.45, 2.75) is 81.1 Å². The van der Waals surface area contributed by atoms with Gasteiger partial charge in [0.1, 0.15) is 5.75 Å². The van der Waals surface area contributed by atoms with E-state index in [1.54, 1.807) is 39.0 Å². The second-order valence-electron chi connectivity index (χ2n) is 12.4. The summed E-state index contributed by atoms with van der Waals surface area (Å²) < 4.78 is 32.3. The molecule has 2 aliphatic heterocycles. The number of hydrogen-bond acceptors (Lipinski definition) is 9. The Balaban J connectivity index is 1.74. The van der Waals surface area contributed by atoms with Gasteiger partial charge in [-0.05, 0) is 72.3 Å². The number of para-hydroxylation sites is 1. The minimum absolute atomic E-state index is 0.0318. The van der Waals surface area contributed by atoms with Crippen LogP contribution in [0.15, 0.2) is 53.6 Å². The third-order valence-electron chi connectivity index (χ3n) is 7.70. The fourth-order valence-corrected chi connectivity index (χ4v) is 7.20. The number of fused-ring (bicyclic) bond motifs is 13. The largest absolute Gasteiger partial charge is 0.491 e. The number of benzene rings is 2. The molecule has 1 amide bonds. The number of carbonyl (C=O) groups excluding carboxylic acids is 1. The van der Waals surface area contributed by atoms with Gasteiger partial charge in [-0.3, -0.25) is 4.79 Å². The molecule has 3 aromatic rings. The lowest BCUT2D eigenvalue weighted by molar-refractivity contribution is 0.0308. The van der Waals surface area contributed by atoms with Crippen LogP contribution in [0.5, 0.6) is 5.75 Å². The SMILES string of the molecule is CN(C)Cc1cccc2c1OCCCCCCC(C)(O)CC(C)(C)S(=O)(=O)c1ccc(cc1)-c1cnc(N)c(n1)C(=O)N2. The molecule has 0 fully saturated rings. The van der Waals surface area contributed by atoms with E-state index < -0.39 is 26.1 Å². The Morgan fingerprint density at radius 2 is 1.74 bits per heavy atom. The molecule has 0 radical (unpaired) electrons. The van der Waals surface area contributed by atoms with Crippen molar-refractivity contribution < 1.29 is 23.1 Å². The van der Waals surface area contributed by atoms with E-state index >= 15 is 0 Å². The molecule has 0 aliphatic carbocycles. The van der Waals surface area contributed by atoms with Gasteiger partial charge < -0.3 is 25.8 Å². The normalized spacial score (nSPS) is 21.1. The molecule has 0 spiro atoms. The van der Waals surface area contributed by atoms with Gasteiger partial charge in [-0.15, -0.1) is 0 Å². The van der Waals surface area contributed by atoms with E-state index in [9.17, 15) is 18.3 Å². The number of anilines is 2. The van der Waals surface area contributed by atoms with Crippen molar-refractivity contribution in [2.24, 2.45) is 0 Å². The Labute approximate surface area is 254 Å². The van der Waals surface area contributed by atoms with Crippen molar-refractivity contribution in [2.75, 3.05) is 31.8 Å². The van der Waals surface area contributed by atoms with Crippen molar-refractivity contribution in [3.05, 3.63) is 59.9 Å². The number of nitrogen functional groups attached to an aromatic ring is 1. The highest BCUT2D eigenvalue weighted by atomic mass is 32.2. The molecule has 0 saturated carbocycles. The Hall–Kier alpha value is -3.54. The predicted molar refractivity (Wildman–Crippen MR) is 169 cm³/mol. The molecule has 3 heterocycles. The number of nitrogens with two attached hydrogens (primary N) is 1. The molecule has 11 heteroatoms. The summed E-state index contributed by atoms with van der Waals surface area (Å²) in [5.74, 6) is 0.0285. The molecule has 4 bridgehead atoms. The first kappa shape index (κ1) is 32.4. The smallest absolute Gasteiger partial charge is 0.278 e. The number of ether oxygens (including phenoxy) is 1. The highest BCUT2D eigenvalue weighted by Crippen LogP contribution is 2.36. The molecular formula is C32H43N5O5S. The lowest BCUT2D eigenvalue weighted by Crippen LogP contribution is -2.41. The number of amides is 1. The molecule has 2 aromatic carbocycles. The summed E-state index contributed by atoms with van der Waals surface area (Å²) in [4.78, 5) is 24.3. The molecule has 43 heavy (non-hydrogen) atoms. The van der Waals surface area contributed by atoms with E-state index in [-0.39, 0.29) is 22.8 Å². The van der Waals surface area contributed by atoms with E-state index in [1.165, 1.54) is 18.3 Å². The van der Waals surface area contributed by atoms with Gasteiger partial charge in [0.2, 0.25) is 0 Å². The van der Waals surface area contributed by atoms with Gasteiger partial charge in [-0.2, -0.15) is 0 Å². The number of rotatable bonds is 2. The van der Waals surface area contributed by atoms with Gasteiger partial charge >= 0.3 is 0 Å². The quantitative estimate of drug-likeness (QED) is 0.362. The van der Waals surface area contributed by atoms with Crippen LogP contribution in [0.25, 0.3) is 11.3 Å². The predicted octanol–water partition coefficient (Wildman–Crippen LogP) is 5.08. The van der Waals surface area contributed by atoms with Crippen LogP contribution in [-0.4, -0.2) is 65.3 Å². The third-order valence-corrected chi connectivity index (χ3v) is 10.2. The van der Waals surface area contributed by atoms with Crippen LogP contribution in [0.2, 0.25) is 0 Å². The second-order valence-corrected chi connectivity index (χ2v) is 15.0. The van der Waals surface area contributed by atoms with Gasteiger partial charge in [0.25, 0.3) is 5.91 Å². The van der Waals surface area contributed by atoms with E-state index in [4.69, 9.17) is 10.5 Å². The maximum Gasteiger partial charge on any atom is 0.278 e. The van der Waals surface area contributed by atoms with E-state index in [0.29, 0.717) is 42.3 Å². The summed E-state index contributed by atoms with van der Waals surface area (Å²) in [5.41, 5.74) is 7.26. The lowest BCUT2D eigenvalue weighted by Gasteiger charge is -2.33. The maximum atomic E-state index is 13.6. The zero-order valence-corrected chi connectivity index (χ0v) is 26.5. The number of nitrogens with one attached hydrogen (secondary N) is 1. The van der Waals surface area contributed by atoms with Crippen molar-refractivity contribution in [3.63, 3.8) is 0 Å².